The number of ether oxygens (including phenoxy) is 1. The minimum absolute atomic E-state index is 0.0302. The van der Waals surface area contributed by atoms with Crippen molar-refractivity contribution in [3.8, 4) is 0 Å². The van der Waals surface area contributed by atoms with Gasteiger partial charge in [-0.25, -0.2) is 9.37 Å². The van der Waals surface area contributed by atoms with Crippen molar-refractivity contribution >= 4 is 30.5 Å². The highest BCUT2D eigenvalue weighted by atomic mass is 31.2. The Hall–Kier alpha value is -3.70. The van der Waals surface area contributed by atoms with Crippen molar-refractivity contribution in [1.29, 1.82) is 0 Å². The van der Waals surface area contributed by atoms with E-state index in [0.717, 1.165) is 5.56 Å². The number of nitrogens with zero attached hydrogens (tertiary/aromatic N) is 3. The van der Waals surface area contributed by atoms with Gasteiger partial charge in [-0.05, 0) is 24.6 Å². The van der Waals surface area contributed by atoms with Crippen molar-refractivity contribution in [2.24, 2.45) is 0 Å². The molecule has 4 rings (SSSR count). The molecule has 1 atom stereocenters. The average Bonchev–Trinajstić information content (AvgIpc) is 3.28. The van der Waals surface area contributed by atoms with E-state index < -0.39 is 31.9 Å². The number of nitrogens with two attached hydrogens (primary N) is 1. The van der Waals surface area contributed by atoms with Crippen molar-refractivity contribution < 1.29 is 27.5 Å². The maximum Gasteiger partial charge on any atom is 0.356 e. The summed E-state index contributed by atoms with van der Waals surface area (Å²) in [4.78, 5) is 34.9. The zero-order valence-electron chi connectivity index (χ0n) is 19.9. The molecule has 0 aliphatic carbocycles. The van der Waals surface area contributed by atoms with Crippen LogP contribution in [0.15, 0.2) is 59.7 Å². The third-order valence-electron chi connectivity index (χ3n) is 5.30. The van der Waals surface area contributed by atoms with Gasteiger partial charge in [0.2, 0.25) is 5.95 Å². The number of anilines is 1. The number of nitrogens with one attached hydrogen (secondary N) is 1. The van der Waals surface area contributed by atoms with E-state index in [0.29, 0.717) is 11.1 Å². The molecule has 0 spiro atoms. The third-order valence-corrected chi connectivity index (χ3v) is 6.85. The first-order valence-electron chi connectivity index (χ1n) is 11.2. The number of nitrogen functional groups attached to an aromatic ring is 1. The number of rotatable bonds is 12. The van der Waals surface area contributed by atoms with E-state index in [4.69, 9.17) is 19.5 Å². The first-order chi connectivity index (χ1) is 17.7. The van der Waals surface area contributed by atoms with Gasteiger partial charge in [0.25, 0.3) is 5.56 Å². The number of Topliss-reactive ketones (excluding diaryl/α,β-unsaturated/α-hetero) is 1. The SMILES string of the molecule is Cc1ccc(C(=O)COP(=O)(COCCn2cnc3c(=O)[nH]c(N)nc32)OCc2cccc(F)c2)cc1. The molecule has 11 nitrogen and oxygen atoms in total. The number of aryl methyl sites for hydroxylation is 1. The molecule has 0 bridgehead atoms. The molecule has 194 valence electrons. The quantitative estimate of drug-likeness (QED) is 0.160. The summed E-state index contributed by atoms with van der Waals surface area (Å²) >= 11 is 0. The summed E-state index contributed by atoms with van der Waals surface area (Å²) in [7, 11) is -3.94. The van der Waals surface area contributed by atoms with Gasteiger partial charge in [0.15, 0.2) is 16.9 Å². The molecular weight excluding hydrogens is 504 g/mol. The van der Waals surface area contributed by atoms with Crippen LogP contribution in [0, 0.1) is 12.7 Å². The van der Waals surface area contributed by atoms with Gasteiger partial charge < -0.3 is 19.6 Å². The van der Waals surface area contributed by atoms with Crippen LogP contribution in [0.1, 0.15) is 21.5 Å². The average molecular weight is 529 g/mol. The van der Waals surface area contributed by atoms with Gasteiger partial charge in [-0.2, -0.15) is 4.98 Å². The summed E-state index contributed by atoms with van der Waals surface area (Å²) in [5.41, 5.74) is 7.36. The molecule has 4 aromatic rings. The molecule has 0 saturated carbocycles. The van der Waals surface area contributed by atoms with Crippen molar-refractivity contribution in [3.63, 3.8) is 0 Å². The third kappa shape index (κ3) is 6.95. The Kier molecular flexibility index (Phi) is 8.24. The number of ketones is 1. The second kappa shape index (κ2) is 11.6. The first kappa shape index (κ1) is 26.4. The molecular formula is C24H25FN5O6P. The molecule has 37 heavy (non-hydrogen) atoms. The zero-order chi connectivity index (χ0) is 26.4. The lowest BCUT2D eigenvalue weighted by atomic mass is 10.1. The molecule has 3 N–H and O–H groups in total. The molecule has 0 fully saturated rings. The zero-order valence-corrected chi connectivity index (χ0v) is 20.8. The first-order valence-corrected chi connectivity index (χ1v) is 13.0. The number of fused-ring (bicyclic) bond motifs is 1. The lowest BCUT2D eigenvalue weighted by Gasteiger charge is -2.19. The monoisotopic (exact) mass is 529 g/mol. The topological polar surface area (TPSA) is 151 Å². The summed E-state index contributed by atoms with van der Waals surface area (Å²) in [5.74, 6) is -0.904. The van der Waals surface area contributed by atoms with Crippen molar-refractivity contribution in [1.82, 2.24) is 19.5 Å². The van der Waals surface area contributed by atoms with Crippen molar-refractivity contribution in [2.45, 2.75) is 20.1 Å². The second-order valence-electron chi connectivity index (χ2n) is 8.18. The van der Waals surface area contributed by atoms with Gasteiger partial charge in [0.05, 0.1) is 19.5 Å². The predicted octanol–water partition coefficient (Wildman–Crippen LogP) is 3.43. The normalized spacial score (nSPS) is 13.0. The molecule has 2 heterocycles. The summed E-state index contributed by atoms with van der Waals surface area (Å²) < 4.78 is 45.0. The molecule has 2 aromatic carbocycles. The predicted molar refractivity (Wildman–Crippen MR) is 134 cm³/mol. The number of H-pyrrole nitrogens is 1. The van der Waals surface area contributed by atoms with Crippen LogP contribution in [0.3, 0.4) is 0 Å². The highest BCUT2D eigenvalue weighted by Crippen LogP contribution is 2.49. The van der Waals surface area contributed by atoms with E-state index in [9.17, 15) is 18.5 Å². The molecule has 13 heteroatoms. The number of carbonyl (C=O) groups excluding carboxylic acids is 1. The number of halogens is 1. The lowest BCUT2D eigenvalue weighted by molar-refractivity contribution is 0.0855. The van der Waals surface area contributed by atoms with Gasteiger partial charge in [-0.15, -0.1) is 0 Å². The summed E-state index contributed by atoms with van der Waals surface area (Å²) in [6, 6.07) is 12.5. The van der Waals surface area contributed by atoms with Crippen LogP contribution in [0.4, 0.5) is 10.3 Å². The Morgan fingerprint density at radius 1 is 1.19 bits per heavy atom. The van der Waals surface area contributed by atoms with E-state index in [1.807, 2.05) is 6.92 Å². The number of hydrogen-bond acceptors (Lipinski definition) is 9. The number of aromatic nitrogens is 4. The maximum absolute atomic E-state index is 13.5. The van der Waals surface area contributed by atoms with Crippen LogP contribution in [-0.4, -0.2) is 44.9 Å². The maximum atomic E-state index is 13.5. The van der Waals surface area contributed by atoms with Crippen LogP contribution in [0.2, 0.25) is 0 Å². The number of benzene rings is 2. The Labute approximate surface area is 210 Å². The van der Waals surface area contributed by atoms with Gasteiger partial charge in [-0.1, -0.05) is 42.0 Å². The fourth-order valence-electron chi connectivity index (χ4n) is 3.36. The highest BCUT2D eigenvalue weighted by molar-refractivity contribution is 7.53. The van der Waals surface area contributed by atoms with E-state index in [1.54, 1.807) is 34.9 Å². The van der Waals surface area contributed by atoms with Gasteiger partial charge in [0.1, 0.15) is 18.8 Å². The number of carbonyl (C=O) groups is 1. The van der Waals surface area contributed by atoms with Crippen molar-refractivity contribution in [2.75, 3.05) is 25.3 Å². The molecule has 0 amide bonds. The highest BCUT2D eigenvalue weighted by Gasteiger charge is 2.27. The summed E-state index contributed by atoms with van der Waals surface area (Å²) in [6.07, 6.45) is 0.943. The second-order valence-corrected chi connectivity index (χ2v) is 10.2. The molecule has 0 saturated heterocycles. The van der Waals surface area contributed by atoms with Gasteiger partial charge in [-0.3, -0.25) is 23.7 Å². The Morgan fingerprint density at radius 2 is 1.97 bits per heavy atom. The number of hydrogen-bond donors (Lipinski definition) is 2. The summed E-state index contributed by atoms with van der Waals surface area (Å²) in [6.45, 7) is 1.42. The Balaban J connectivity index is 1.40. The van der Waals surface area contributed by atoms with Gasteiger partial charge >= 0.3 is 7.60 Å². The number of imidazole rings is 1. The van der Waals surface area contributed by atoms with E-state index in [2.05, 4.69) is 15.0 Å². The molecule has 0 aliphatic heterocycles. The molecule has 1 unspecified atom stereocenters. The Bertz CT molecular complexity index is 1500. The molecule has 0 aliphatic rings. The fourth-order valence-corrected chi connectivity index (χ4v) is 4.60. The molecule has 2 aromatic heterocycles. The number of aromatic amines is 1. The van der Waals surface area contributed by atoms with Crippen molar-refractivity contribution in [3.05, 3.63) is 87.7 Å². The van der Waals surface area contributed by atoms with E-state index in [-0.39, 0.29) is 42.7 Å². The minimum atomic E-state index is -3.94. The van der Waals surface area contributed by atoms with E-state index in [1.165, 1.54) is 24.5 Å². The standard InChI is InChI=1S/C24H25FN5O6P/c1-16-5-7-18(8-6-16)20(31)13-36-37(33,35-12-17-3-2-4-19(25)11-17)15-34-10-9-30-14-27-21-22(30)28-24(26)29-23(21)32/h2-8,11,14H,9-10,12-13,15H2,1H3,(H3,26,28,29,32). The van der Waals surface area contributed by atoms with Gasteiger partial charge in [0, 0.05) is 12.1 Å². The van der Waals surface area contributed by atoms with Crippen LogP contribution >= 0.6 is 7.60 Å². The smallest absolute Gasteiger partial charge is 0.356 e. The lowest BCUT2D eigenvalue weighted by Crippen LogP contribution is -2.14. The van der Waals surface area contributed by atoms with E-state index >= 15 is 0 Å². The van der Waals surface area contributed by atoms with Crippen LogP contribution < -0.4 is 11.3 Å². The largest absolute Gasteiger partial charge is 0.369 e. The molecule has 0 radical (unpaired) electrons. The Morgan fingerprint density at radius 3 is 2.73 bits per heavy atom. The van der Waals surface area contributed by atoms with Crippen LogP contribution in [0.25, 0.3) is 11.2 Å². The van der Waals surface area contributed by atoms with Crippen LogP contribution in [0.5, 0.6) is 0 Å². The van der Waals surface area contributed by atoms with Crippen LogP contribution in [-0.2, 0) is 31.5 Å². The fraction of sp³-hybridized carbons (Fsp3) is 0.250. The summed E-state index contributed by atoms with van der Waals surface area (Å²) in [5, 5.41) is 0. The minimum Gasteiger partial charge on any atom is -0.369 e.